The Morgan fingerprint density at radius 2 is 1.65 bits per heavy atom. The van der Waals surface area contributed by atoms with Crippen LogP contribution in [0.3, 0.4) is 0 Å². The molecular weight excluding hydrogens is 334 g/mol. The lowest BCUT2D eigenvalue weighted by Gasteiger charge is -2.12. The van der Waals surface area contributed by atoms with E-state index in [1.54, 1.807) is 55.6 Å². The number of carbonyl (C=O) groups excluding carboxylic acids is 2. The molecule has 2 amide bonds. The zero-order chi connectivity index (χ0) is 16.8. The molecule has 0 aliphatic rings. The Labute approximate surface area is 144 Å². The predicted octanol–water partition coefficient (Wildman–Crippen LogP) is 2.83. The van der Waals surface area contributed by atoms with Gasteiger partial charge in [0.2, 0.25) is 0 Å². The second-order valence-electron chi connectivity index (χ2n) is 4.54. The SMILES string of the molecule is CNC(=O)c1ccccc1NC(=S)NC(=O)c1ccc(Cl)cc1. The fraction of sp³-hybridized carbons (Fsp3) is 0.0625. The molecule has 0 saturated carbocycles. The molecule has 0 aromatic heterocycles. The monoisotopic (exact) mass is 347 g/mol. The molecule has 0 saturated heterocycles. The number of thiocarbonyl (C=S) groups is 1. The third kappa shape index (κ3) is 4.51. The first kappa shape index (κ1) is 16.9. The summed E-state index contributed by atoms with van der Waals surface area (Å²) in [4.78, 5) is 23.9. The molecule has 0 aliphatic heterocycles. The number of benzene rings is 2. The number of carbonyl (C=O) groups is 2. The van der Waals surface area contributed by atoms with Gasteiger partial charge in [0.15, 0.2) is 5.11 Å². The zero-order valence-electron chi connectivity index (χ0n) is 12.2. The summed E-state index contributed by atoms with van der Waals surface area (Å²) in [6.07, 6.45) is 0. The lowest BCUT2D eigenvalue weighted by atomic mass is 10.1. The molecule has 7 heteroatoms. The van der Waals surface area contributed by atoms with Gasteiger partial charge in [-0.05, 0) is 48.6 Å². The predicted molar refractivity (Wildman–Crippen MR) is 95.0 cm³/mol. The molecule has 0 spiro atoms. The van der Waals surface area contributed by atoms with E-state index in [9.17, 15) is 9.59 Å². The summed E-state index contributed by atoms with van der Waals surface area (Å²) in [7, 11) is 1.54. The van der Waals surface area contributed by atoms with Gasteiger partial charge in [-0.15, -0.1) is 0 Å². The van der Waals surface area contributed by atoms with Crippen molar-refractivity contribution < 1.29 is 9.59 Å². The molecule has 0 heterocycles. The zero-order valence-corrected chi connectivity index (χ0v) is 13.8. The normalized spacial score (nSPS) is 9.83. The fourth-order valence-electron chi connectivity index (χ4n) is 1.85. The van der Waals surface area contributed by atoms with Gasteiger partial charge in [0.05, 0.1) is 11.3 Å². The number of hydrogen-bond donors (Lipinski definition) is 3. The highest BCUT2D eigenvalue weighted by Crippen LogP contribution is 2.15. The Morgan fingerprint density at radius 3 is 2.30 bits per heavy atom. The van der Waals surface area contributed by atoms with Gasteiger partial charge in [-0.1, -0.05) is 23.7 Å². The van der Waals surface area contributed by atoms with E-state index >= 15 is 0 Å². The summed E-state index contributed by atoms with van der Waals surface area (Å²) in [5.41, 5.74) is 1.37. The Morgan fingerprint density at radius 1 is 1.00 bits per heavy atom. The summed E-state index contributed by atoms with van der Waals surface area (Å²) < 4.78 is 0. The highest BCUT2D eigenvalue weighted by molar-refractivity contribution is 7.80. The molecule has 23 heavy (non-hydrogen) atoms. The molecule has 118 valence electrons. The van der Waals surface area contributed by atoms with Gasteiger partial charge < -0.3 is 10.6 Å². The quantitative estimate of drug-likeness (QED) is 0.747. The second kappa shape index (κ2) is 7.71. The van der Waals surface area contributed by atoms with Crippen LogP contribution in [0.5, 0.6) is 0 Å². The third-order valence-corrected chi connectivity index (χ3v) is 3.44. The molecule has 0 bridgehead atoms. The van der Waals surface area contributed by atoms with Crippen LogP contribution in [0.25, 0.3) is 0 Å². The van der Waals surface area contributed by atoms with Crippen LogP contribution in [0.1, 0.15) is 20.7 Å². The van der Waals surface area contributed by atoms with E-state index in [-0.39, 0.29) is 16.9 Å². The summed E-state index contributed by atoms with van der Waals surface area (Å²) in [5, 5.41) is 8.59. The first-order chi connectivity index (χ1) is 11.0. The maximum Gasteiger partial charge on any atom is 0.257 e. The number of rotatable bonds is 3. The summed E-state index contributed by atoms with van der Waals surface area (Å²) in [6, 6.07) is 13.3. The van der Waals surface area contributed by atoms with Crippen molar-refractivity contribution in [2.75, 3.05) is 12.4 Å². The highest BCUT2D eigenvalue weighted by Gasteiger charge is 2.12. The lowest BCUT2D eigenvalue weighted by molar-refractivity contribution is 0.0961. The van der Waals surface area contributed by atoms with Gasteiger partial charge >= 0.3 is 0 Å². The summed E-state index contributed by atoms with van der Waals surface area (Å²) in [5.74, 6) is -0.614. The highest BCUT2D eigenvalue weighted by atomic mass is 35.5. The van der Waals surface area contributed by atoms with Crippen LogP contribution < -0.4 is 16.0 Å². The first-order valence-corrected chi connectivity index (χ1v) is 7.49. The molecule has 0 fully saturated rings. The Bertz CT molecular complexity index is 747. The van der Waals surface area contributed by atoms with Crippen LogP contribution in [-0.4, -0.2) is 24.0 Å². The van der Waals surface area contributed by atoms with Crippen molar-refractivity contribution in [2.24, 2.45) is 0 Å². The van der Waals surface area contributed by atoms with E-state index in [0.29, 0.717) is 21.8 Å². The van der Waals surface area contributed by atoms with Crippen LogP contribution in [0.4, 0.5) is 5.69 Å². The molecule has 2 aromatic carbocycles. The molecule has 5 nitrogen and oxygen atoms in total. The van der Waals surface area contributed by atoms with E-state index in [4.69, 9.17) is 23.8 Å². The van der Waals surface area contributed by atoms with Crippen molar-refractivity contribution in [3.63, 3.8) is 0 Å². The van der Waals surface area contributed by atoms with Gasteiger partial charge in [-0.25, -0.2) is 0 Å². The van der Waals surface area contributed by atoms with E-state index in [0.717, 1.165) is 0 Å². The topological polar surface area (TPSA) is 70.2 Å². The van der Waals surface area contributed by atoms with Crippen LogP contribution in [0, 0.1) is 0 Å². The first-order valence-electron chi connectivity index (χ1n) is 6.70. The minimum Gasteiger partial charge on any atom is -0.355 e. The van der Waals surface area contributed by atoms with Crippen LogP contribution in [0.15, 0.2) is 48.5 Å². The van der Waals surface area contributed by atoms with Crippen molar-refractivity contribution >= 4 is 46.4 Å². The Balaban J connectivity index is 2.07. The maximum absolute atomic E-state index is 12.1. The van der Waals surface area contributed by atoms with E-state index in [1.807, 2.05) is 0 Å². The van der Waals surface area contributed by atoms with Crippen molar-refractivity contribution in [1.82, 2.24) is 10.6 Å². The number of para-hydroxylation sites is 1. The largest absolute Gasteiger partial charge is 0.355 e. The molecule has 3 N–H and O–H groups in total. The third-order valence-electron chi connectivity index (χ3n) is 2.98. The number of nitrogens with one attached hydrogen (secondary N) is 3. The van der Waals surface area contributed by atoms with Gasteiger partial charge in [0.1, 0.15) is 0 Å². The number of halogens is 1. The summed E-state index contributed by atoms with van der Waals surface area (Å²) >= 11 is 10.9. The smallest absolute Gasteiger partial charge is 0.257 e. The van der Waals surface area contributed by atoms with Crippen LogP contribution >= 0.6 is 23.8 Å². The maximum atomic E-state index is 12.1. The Kier molecular flexibility index (Phi) is 5.67. The molecule has 0 radical (unpaired) electrons. The van der Waals surface area contributed by atoms with E-state index < -0.39 is 0 Å². The summed E-state index contributed by atoms with van der Waals surface area (Å²) in [6.45, 7) is 0. The minimum absolute atomic E-state index is 0.0984. The number of anilines is 1. The molecule has 2 aromatic rings. The molecule has 0 unspecified atom stereocenters. The average molecular weight is 348 g/mol. The average Bonchev–Trinajstić information content (AvgIpc) is 2.55. The lowest BCUT2D eigenvalue weighted by Crippen LogP contribution is -2.34. The fourth-order valence-corrected chi connectivity index (χ4v) is 2.18. The van der Waals surface area contributed by atoms with Gasteiger partial charge in [-0.3, -0.25) is 14.9 Å². The van der Waals surface area contributed by atoms with Crippen LogP contribution in [0.2, 0.25) is 5.02 Å². The number of amides is 2. The van der Waals surface area contributed by atoms with Crippen molar-refractivity contribution in [3.05, 3.63) is 64.7 Å². The van der Waals surface area contributed by atoms with Crippen molar-refractivity contribution in [1.29, 1.82) is 0 Å². The molecule has 2 rings (SSSR count). The van der Waals surface area contributed by atoms with Gasteiger partial charge in [0.25, 0.3) is 11.8 Å². The van der Waals surface area contributed by atoms with E-state index in [1.165, 1.54) is 0 Å². The molecular formula is C16H14ClN3O2S. The number of hydrogen-bond acceptors (Lipinski definition) is 3. The molecule has 0 atom stereocenters. The van der Waals surface area contributed by atoms with Crippen LogP contribution in [-0.2, 0) is 0 Å². The molecule has 0 aliphatic carbocycles. The second-order valence-corrected chi connectivity index (χ2v) is 5.38. The van der Waals surface area contributed by atoms with E-state index in [2.05, 4.69) is 16.0 Å². The van der Waals surface area contributed by atoms with Crippen molar-refractivity contribution in [2.45, 2.75) is 0 Å². The minimum atomic E-state index is -0.364. The standard InChI is InChI=1S/C16H14ClN3O2S/c1-18-15(22)12-4-2-3-5-13(12)19-16(23)20-14(21)10-6-8-11(17)9-7-10/h2-9H,1H3,(H,18,22)(H2,19,20,21,23). The van der Waals surface area contributed by atoms with Gasteiger partial charge in [0, 0.05) is 17.6 Å². The van der Waals surface area contributed by atoms with Gasteiger partial charge in [-0.2, -0.15) is 0 Å². The Hall–Kier alpha value is -2.44. The van der Waals surface area contributed by atoms with Crippen molar-refractivity contribution in [3.8, 4) is 0 Å².